The fourth-order valence-corrected chi connectivity index (χ4v) is 2.56. The average molecular weight is 270 g/mol. The molecule has 0 radical (unpaired) electrons. The van der Waals surface area contributed by atoms with Crippen LogP contribution in [0.15, 0.2) is 18.2 Å². The van der Waals surface area contributed by atoms with Gasteiger partial charge in [-0.15, -0.1) is 0 Å². The molecule has 106 valence electrons. The van der Waals surface area contributed by atoms with Gasteiger partial charge in [-0.2, -0.15) is 0 Å². The Morgan fingerprint density at radius 1 is 1.35 bits per heavy atom. The highest BCUT2D eigenvalue weighted by atomic mass is 16.1. The van der Waals surface area contributed by atoms with Crippen molar-refractivity contribution in [2.75, 3.05) is 6.54 Å². The number of benzene rings is 1. The molecule has 1 saturated carbocycles. The van der Waals surface area contributed by atoms with Crippen LogP contribution in [-0.4, -0.2) is 18.5 Å². The largest absolute Gasteiger partial charge is 0.349 e. The molecule has 1 aliphatic carbocycles. The highest BCUT2D eigenvalue weighted by Crippen LogP contribution is 2.18. The maximum atomic E-state index is 12.3. The van der Waals surface area contributed by atoms with Crippen LogP contribution in [0.4, 0.5) is 0 Å². The standard InChI is InChI=1S/C17H22N2O/c1-13-9-10-15(12-14(13)6-5-11-18)17(20)19-16-7-3-2-4-8-16/h9-10,12,16H,2-4,7-8,11,18H2,1H3,(H,19,20). The lowest BCUT2D eigenvalue weighted by Gasteiger charge is -2.22. The third kappa shape index (κ3) is 3.85. The number of hydrogen-bond donors (Lipinski definition) is 2. The molecule has 1 aromatic rings. The number of nitrogens with one attached hydrogen (secondary N) is 1. The average Bonchev–Trinajstić information content (AvgIpc) is 2.47. The van der Waals surface area contributed by atoms with E-state index in [2.05, 4.69) is 17.2 Å². The molecule has 0 bridgehead atoms. The smallest absolute Gasteiger partial charge is 0.251 e. The first-order valence-corrected chi connectivity index (χ1v) is 7.31. The quantitative estimate of drug-likeness (QED) is 0.811. The molecule has 3 N–H and O–H groups in total. The lowest BCUT2D eigenvalue weighted by atomic mass is 9.95. The molecule has 0 aliphatic heterocycles. The normalized spacial score (nSPS) is 15.3. The van der Waals surface area contributed by atoms with Gasteiger partial charge in [0.25, 0.3) is 5.91 Å². The van der Waals surface area contributed by atoms with Crippen molar-refractivity contribution < 1.29 is 4.79 Å². The van der Waals surface area contributed by atoms with Crippen LogP contribution in [0.2, 0.25) is 0 Å². The minimum absolute atomic E-state index is 0.00713. The van der Waals surface area contributed by atoms with Crippen LogP contribution >= 0.6 is 0 Å². The predicted molar refractivity (Wildman–Crippen MR) is 81.5 cm³/mol. The molecule has 1 aromatic carbocycles. The van der Waals surface area contributed by atoms with E-state index in [1.54, 1.807) is 0 Å². The van der Waals surface area contributed by atoms with E-state index in [0.29, 0.717) is 18.2 Å². The highest BCUT2D eigenvalue weighted by molar-refractivity contribution is 5.94. The first-order valence-electron chi connectivity index (χ1n) is 7.31. The molecule has 0 aromatic heterocycles. The maximum absolute atomic E-state index is 12.3. The van der Waals surface area contributed by atoms with E-state index in [1.165, 1.54) is 19.3 Å². The second-order valence-electron chi connectivity index (χ2n) is 5.34. The third-order valence-corrected chi connectivity index (χ3v) is 3.77. The van der Waals surface area contributed by atoms with Gasteiger partial charge in [0.05, 0.1) is 6.54 Å². The van der Waals surface area contributed by atoms with Crippen molar-refractivity contribution in [2.24, 2.45) is 5.73 Å². The number of aryl methyl sites for hydroxylation is 1. The Morgan fingerprint density at radius 3 is 2.80 bits per heavy atom. The predicted octanol–water partition coefficient (Wildman–Crippen LogP) is 2.37. The van der Waals surface area contributed by atoms with Crippen LogP contribution in [-0.2, 0) is 0 Å². The van der Waals surface area contributed by atoms with Crippen molar-refractivity contribution in [1.29, 1.82) is 0 Å². The van der Waals surface area contributed by atoms with E-state index < -0.39 is 0 Å². The first-order chi connectivity index (χ1) is 9.70. The molecule has 0 spiro atoms. The molecule has 1 amide bonds. The maximum Gasteiger partial charge on any atom is 0.251 e. The zero-order chi connectivity index (χ0) is 14.4. The van der Waals surface area contributed by atoms with E-state index >= 15 is 0 Å². The van der Waals surface area contributed by atoms with Crippen molar-refractivity contribution in [1.82, 2.24) is 5.32 Å². The highest BCUT2D eigenvalue weighted by Gasteiger charge is 2.16. The summed E-state index contributed by atoms with van der Waals surface area (Å²) in [5.74, 6) is 5.86. The van der Waals surface area contributed by atoms with Gasteiger partial charge in [-0.05, 0) is 37.5 Å². The zero-order valence-electron chi connectivity index (χ0n) is 12.0. The van der Waals surface area contributed by atoms with Crippen molar-refractivity contribution in [2.45, 2.75) is 45.1 Å². The molecule has 0 heterocycles. The Labute approximate surface area is 120 Å². The van der Waals surface area contributed by atoms with Crippen LogP contribution in [0.25, 0.3) is 0 Å². The monoisotopic (exact) mass is 270 g/mol. The number of nitrogens with two attached hydrogens (primary N) is 1. The lowest BCUT2D eigenvalue weighted by molar-refractivity contribution is 0.0927. The molecule has 2 rings (SSSR count). The molecule has 1 aliphatic rings. The van der Waals surface area contributed by atoms with Crippen molar-refractivity contribution in [3.8, 4) is 11.8 Å². The summed E-state index contributed by atoms with van der Waals surface area (Å²) in [7, 11) is 0. The molecule has 0 unspecified atom stereocenters. The van der Waals surface area contributed by atoms with Crippen LogP contribution < -0.4 is 11.1 Å². The number of carbonyl (C=O) groups is 1. The van der Waals surface area contributed by atoms with E-state index in [9.17, 15) is 4.79 Å². The van der Waals surface area contributed by atoms with Crippen LogP contribution in [0.5, 0.6) is 0 Å². The lowest BCUT2D eigenvalue weighted by Crippen LogP contribution is -2.36. The summed E-state index contributed by atoms with van der Waals surface area (Å²) in [6.07, 6.45) is 5.91. The molecule has 3 heteroatoms. The van der Waals surface area contributed by atoms with Gasteiger partial charge in [-0.1, -0.05) is 37.2 Å². The molecular formula is C17H22N2O. The van der Waals surface area contributed by atoms with Gasteiger partial charge < -0.3 is 11.1 Å². The summed E-state index contributed by atoms with van der Waals surface area (Å²) in [6.45, 7) is 2.32. The summed E-state index contributed by atoms with van der Waals surface area (Å²) < 4.78 is 0. The van der Waals surface area contributed by atoms with E-state index in [1.807, 2.05) is 25.1 Å². The topological polar surface area (TPSA) is 55.1 Å². The zero-order valence-corrected chi connectivity index (χ0v) is 12.0. The van der Waals surface area contributed by atoms with Crippen molar-refractivity contribution in [3.63, 3.8) is 0 Å². The van der Waals surface area contributed by atoms with Crippen LogP contribution in [0.3, 0.4) is 0 Å². The molecule has 0 saturated heterocycles. The van der Waals surface area contributed by atoms with Crippen molar-refractivity contribution >= 4 is 5.91 Å². The second kappa shape index (κ2) is 7.12. The molecular weight excluding hydrogens is 248 g/mol. The number of rotatable bonds is 2. The Balaban J connectivity index is 2.09. The van der Waals surface area contributed by atoms with E-state index in [0.717, 1.165) is 24.0 Å². The molecule has 1 fully saturated rings. The Morgan fingerprint density at radius 2 is 2.10 bits per heavy atom. The third-order valence-electron chi connectivity index (χ3n) is 3.77. The summed E-state index contributed by atoms with van der Waals surface area (Å²) >= 11 is 0. The molecule has 0 atom stereocenters. The number of amides is 1. The minimum atomic E-state index is 0.00713. The fraction of sp³-hybridized carbons (Fsp3) is 0.471. The second-order valence-corrected chi connectivity index (χ2v) is 5.34. The Hall–Kier alpha value is -1.79. The molecule has 20 heavy (non-hydrogen) atoms. The van der Waals surface area contributed by atoms with Crippen LogP contribution in [0, 0.1) is 18.8 Å². The fourth-order valence-electron chi connectivity index (χ4n) is 2.56. The number of carbonyl (C=O) groups excluding carboxylic acids is 1. The van der Waals surface area contributed by atoms with E-state index in [-0.39, 0.29) is 5.91 Å². The summed E-state index contributed by atoms with van der Waals surface area (Å²) in [5.41, 5.74) is 8.03. The van der Waals surface area contributed by atoms with Gasteiger partial charge in [0.1, 0.15) is 0 Å². The Kier molecular flexibility index (Phi) is 5.20. The summed E-state index contributed by atoms with van der Waals surface area (Å²) in [6, 6.07) is 5.99. The summed E-state index contributed by atoms with van der Waals surface area (Å²) in [4.78, 5) is 12.3. The molecule has 3 nitrogen and oxygen atoms in total. The van der Waals surface area contributed by atoms with Gasteiger partial charge in [0.15, 0.2) is 0 Å². The first kappa shape index (κ1) is 14.6. The van der Waals surface area contributed by atoms with Gasteiger partial charge in [-0.25, -0.2) is 0 Å². The van der Waals surface area contributed by atoms with Gasteiger partial charge in [0.2, 0.25) is 0 Å². The Bertz CT molecular complexity index is 534. The van der Waals surface area contributed by atoms with Gasteiger partial charge >= 0.3 is 0 Å². The number of hydrogen-bond acceptors (Lipinski definition) is 2. The van der Waals surface area contributed by atoms with Gasteiger partial charge in [-0.3, -0.25) is 4.79 Å². The van der Waals surface area contributed by atoms with Crippen LogP contribution in [0.1, 0.15) is 53.6 Å². The minimum Gasteiger partial charge on any atom is -0.349 e. The van der Waals surface area contributed by atoms with E-state index in [4.69, 9.17) is 5.73 Å². The van der Waals surface area contributed by atoms with Crippen molar-refractivity contribution in [3.05, 3.63) is 34.9 Å². The van der Waals surface area contributed by atoms with Gasteiger partial charge in [0, 0.05) is 17.2 Å². The summed E-state index contributed by atoms with van der Waals surface area (Å²) in [5, 5.41) is 3.13. The SMILES string of the molecule is Cc1ccc(C(=O)NC2CCCCC2)cc1C#CCN.